The lowest BCUT2D eigenvalue weighted by atomic mass is 10.0. The maximum atomic E-state index is 13.1. The molecule has 1 N–H and O–H groups in total. The fourth-order valence-corrected chi connectivity index (χ4v) is 1.69. The molecule has 1 aromatic rings. The number of nitrogens with zero attached hydrogens (tertiary/aromatic N) is 1. The third-order valence-electron chi connectivity index (χ3n) is 2.51. The Balaban J connectivity index is 2.81. The molecule has 0 heterocycles. The molecule has 0 amide bonds. The average Bonchev–Trinajstić information content (AvgIpc) is 2.26. The van der Waals surface area contributed by atoms with Crippen LogP contribution in [0.1, 0.15) is 25.8 Å². The minimum Gasteiger partial charge on any atom is -0.314 e. The Kier molecular flexibility index (Phi) is 5.03. The number of hydrogen-bond donors (Lipinski definition) is 1. The van der Waals surface area contributed by atoms with Crippen LogP contribution in [0.4, 0.5) is 10.1 Å². The molecule has 0 spiro atoms. The van der Waals surface area contributed by atoms with E-state index in [1.807, 2.05) is 13.8 Å². The summed E-state index contributed by atoms with van der Waals surface area (Å²) in [6.45, 7) is 4.83. The molecule has 1 atom stereocenters. The molecule has 0 aliphatic carbocycles. The monoisotopic (exact) mass is 240 g/mol. The van der Waals surface area contributed by atoms with Gasteiger partial charge in [-0.2, -0.15) is 0 Å². The van der Waals surface area contributed by atoms with Crippen molar-refractivity contribution in [3.8, 4) is 0 Å². The van der Waals surface area contributed by atoms with Crippen molar-refractivity contribution in [2.45, 2.75) is 32.7 Å². The maximum Gasteiger partial charge on any atom is 0.272 e. The second kappa shape index (κ2) is 6.30. The smallest absolute Gasteiger partial charge is 0.272 e. The Labute approximate surface area is 100.0 Å². The molecule has 0 fully saturated rings. The van der Waals surface area contributed by atoms with Crippen molar-refractivity contribution < 1.29 is 9.31 Å². The van der Waals surface area contributed by atoms with E-state index >= 15 is 0 Å². The van der Waals surface area contributed by atoms with Gasteiger partial charge in [0.2, 0.25) is 0 Å². The van der Waals surface area contributed by atoms with Crippen LogP contribution in [0, 0.1) is 15.9 Å². The number of halogens is 1. The summed E-state index contributed by atoms with van der Waals surface area (Å²) in [5.74, 6) is -0.437. The SMILES string of the molecule is CCCNC(C)Cc1cc(F)ccc1[N+](=O)[O-]. The predicted molar refractivity (Wildman–Crippen MR) is 64.5 cm³/mol. The molecule has 1 rings (SSSR count). The molecule has 0 bridgehead atoms. The van der Waals surface area contributed by atoms with Crippen molar-refractivity contribution in [2.24, 2.45) is 0 Å². The first-order valence-electron chi connectivity index (χ1n) is 5.70. The number of hydrogen-bond acceptors (Lipinski definition) is 3. The van der Waals surface area contributed by atoms with Gasteiger partial charge in [0, 0.05) is 17.7 Å². The molecule has 4 nitrogen and oxygen atoms in total. The Morgan fingerprint density at radius 2 is 2.24 bits per heavy atom. The van der Waals surface area contributed by atoms with Gasteiger partial charge in [-0.15, -0.1) is 0 Å². The lowest BCUT2D eigenvalue weighted by molar-refractivity contribution is -0.385. The summed E-state index contributed by atoms with van der Waals surface area (Å²) in [5, 5.41) is 14.0. The molecule has 0 aliphatic rings. The first kappa shape index (κ1) is 13.6. The summed E-state index contributed by atoms with van der Waals surface area (Å²) in [6, 6.07) is 3.67. The van der Waals surface area contributed by atoms with Crippen LogP contribution in [0.3, 0.4) is 0 Å². The van der Waals surface area contributed by atoms with E-state index in [2.05, 4.69) is 5.32 Å². The molecule has 94 valence electrons. The van der Waals surface area contributed by atoms with E-state index < -0.39 is 10.7 Å². The van der Waals surface area contributed by atoms with Crippen LogP contribution in [0.5, 0.6) is 0 Å². The highest BCUT2D eigenvalue weighted by Crippen LogP contribution is 2.20. The highest BCUT2D eigenvalue weighted by Gasteiger charge is 2.16. The standard InChI is InChI=1S/C12H17FN2O2/c1-3-6-14-9(2)7-10-8-11(13)4-5-12(10)15(16)17/h4-5,8-9,14H,3,6-7H2,1-2H3. The van der Waals surface area contributed by atoms with Gasteiger partial charge < -0.3 is 5.32 Å². The second-order valence-electron chi connectivity index (χ2n) is 4.09. The summed E-state index contributed by atoms with van der Waals surface area (Å²) in [4.78, 5) is 10.3. The minimum absolute atomic E-state index is 0.0171. The number of nitro groups is 1. The van der Waals surface area contributed by atoms with E-state index in [1.165, 1.54) is 12.1 Å². The molecular weight excluding hydrogens is 223 g/mol. The topological polar surface area (TPSA) is 55.2 Å². The summed E-state index contributed by atoms with van der Waals surface area (Å²) < 4.78 is 13.1. The molecule has 0 aliphatic heterocycles. The fourth-order valence-electron chi connectivity index (χ4n) is 1.69. The Hall–Kier alpha value is -1.49. The Morgan fingerprint density at radius 1 is 1.53 bits per heavy atom. The van der Waals surface area contributed by atoms with Crippen molar-refractivity contribution in [1.29, 1.82) is 0 Å². The van der Waals surface area contributed by atoms with Gasteiger partial charge in [-0.3, -0.25) is 10.1 Å². The van der Waals surface area contributed by atoms with Gasteiger partial charge in [0.25, 0.3) is 5.69 Å². The van der Waals surface area contributed by atoms with Gasteiger partial charge in [0.05, 0.1) is 4.92 Å². The Morgan fingerprint density at radius 3 is 2.82 bits per heavy atom. The third-order valence-corrected chi connectivity index (χ3v) is 2.51. The van der Waals surface area contributed by atoms with Gasteiger partial charge in [0.1, 0.15) is 5.82 Å². The molecule has 5 heteroatoms. The van der Waals surface area contributed by atoms with Crippen molar-refractivity contribution >= 4 is 5.69 Å². The van der Waals surface area contributed by atoms with Crippen LogP contribution in [-0.2, 0) is 6.42 Å². The number of benzene rings is 1. The normalized spacial score (nSPS) is 12.4. The van der Waals surface area contributed by atoms with Crippen molar-refractivity contribution in [3.05, 3.63) is 39.7 Å². The van der Waals surface area contributed by atoms with E-state index in [9.17, 15) is 14.5 Å². The third kappa shape index (κ3) is 4.11. The van der Waals surface area contributed by atoms with Crippen LogP contribution in [0.15, 0.2) is 18.2 Å². The number of nitrogens with one attached hydrogen (secondary N) is 1. The summed E-state index contributed by atoms with van der Waals surface area (Å²) >= 11 is 0. The van der Waals surface area contributed by atoms with Crippen molar-refractivity contribution in [2.75, 3.05) is 6.54 Å². The maximum absolute atomic E-state index is 13.1. The van der Waals surface area contributed by atoms with E-state index in [0.717, 1.165) is 19.0 Å². The summed E-state index contributed by atoms with van der Waals surface area (Å²) in [6.07, 6.45) is 1.45. The predicted octanol–water partition coefficient (Wildman–Crippen LogP) is 2.66. The average molecular weight is 240 g/mol. The summed E-state index contributed by atoms with van der Waals surface area (Å²) in [7, 11) is 0. The van der Waals surface area contributed by atoms with E-state index in [-0.39, 0.29) is 11.7 Å². The number of nitro benzene ring substituents is 1. The number of rotatable bonds is 6. The molecule has 1 aromatic carbocycles. The van der Waals surface area contributed by atoms with E-state index in [0.29, 0.717) is 12.0 Å². The van der Waals surface area contributed by atoms with Gasteiger partial charge >= 0.3 is 0 Å². The Bertz CT molecular complexity index is 396. The molecule has 0 aromatic heterocycles. The molecule has 17 heavy (non-hydrogen) atoms. The zero-order chi connectivity index (χ0) is 12.8. The fraction of sp³-hybridized carbons (Fsp3) is 0.500. The highest BCUT2D eigenvalue weighted by atomic mass is 19.1. The molecule has 1 unspecified atom stereocenters. The lowest BCUT2D eigenvalue weighted by Crippen LogP contribution is -2.28. The van der Waals surface area contributed by atoms with Gasteiger partial charge in [0.15, 0.2) is 0 Å². The minimum atomic E-state index is -0.471. The van der Waals surface area contributed by atoms with E-state index in [1.54, 1.807) is 0 Å². The van der Waals surface area contributed by atoms with Gasteiger partial charge in [-0.05, 0) is 38.4 Å². The van der Waals surface area contributed by atoms with Crippen LogP contribution >= 0.6 is 0 Å². The van der Waals surface area contributed by atoms with Crippen molar-refractivity contribution in [3.63, 3.8) is 0 Å². The van der Waals surface area contributed by atoms with Crippen LogP contribution in [0.2, 0.25) is 0 Å². The zero-order valence-corrected chi connectivity index (χ0v) is 10.1. The molecular formula is C12H17FN2O2. The van der Waals surface area contributed by atoms with Crippen LogP contribution in [-0.4, -0.2) is 17.5 Å². The lowest BCUT2D eigenvalue weighted by Gasteiger charge is -2.13. The molecule has 0 radical (unpaired) electrons. The first-order chi connectivity index (χ1) is 8.04. The van der Waals surface area contributed by atoms with Crippen molar-refractivity contribution in [1.82, 2.24) is 5.32 Å². The summed E-state index contributed by atoms with van der Waals surface area (Å²) in [5.41, 5.74) is 0.419. The van der Waals surface area contributed by atoms with Crippen LogP contribution in [0.25, 0.3) is 0 Å². The van der Waals surface area contributed by atoms with Gasteiger partial charge in [-0.25, -0.2) is 4.39 Å². The second-order valence-corrected chi connectivity index (χ2v) is 4.09. The first-order valence-corrected chi connectivity index (χ1v) is 5.70. The quantitative estimate of drug-likeness (QED) is 0.614. The zero-order valence-electron chi connectivity index (χ0n) is 10.1. The van der Waals surface area contributed by atoms with E-state index in [4.69, 9.17) is 0 Å². The highest BCUT2D eigenvalue weighted by molar-refractivity contribution is 5.40. The van der Waals surface area contributed by atoms with Crippen LogP contribution < -0.4 is 5.32 Å². The molecule has 0 saturated carbocycles. The largest absolute Gasteiger partial charge is 0.314 e. The molecule has 0 saturated heterocycles. The van der Waals surface area contributed by atoms with Gasteiger partial charge in [-0.1, -0.05) is 6.92 Å².